The van der Waals surface area contributed by atoms with Crippen molar-refractivity contribution in [3.8, 4) is 0 Å². The average molecular weight is 803 g/mol. The number of carboxylic acids is 3. The van der Waals surface area contributed by atoms with Gasteiger partial charge in [-0.3, -0.25) is 19.5 Å². The number of hydrogen-bond donors (Lipinski definition) is 6. The van der Waals surface area contributed by atoms with Gasteiger partial charge in [0.25, 0.3) is 5.91 Å². The summed E-state index contributed by atoms with van der Waals surface area (Å²) in [7, 11) is 0. The van der Waals surface area contributed by atoms with Crippen LogP contribution in [0.15, 0.2) is 42.7 Å². The van der Waals surface area contributed by atoms with Crippen LogP contribution in [-0.2, 0) is 25.7 Å². The molecule has 0 radical (unpaired) electrons. The standard InChI is InChI=1S/C26H32N6O2.3C2HF3O2/c1-18-12-19(2)21-14-23(30-22(21)13-18)24(33)28-8-11-31-9-5-26(6-10-31)25(34)29-17-32(26)16-20-4-3-7-27-15-20;3*3-2(4,5)1(6)7/h3-4,7,12-15,30H,5-6,8-11,16-17H2,1-2H3,(H,28,33)(H,29,34);3*(H,6,7). The van der Waals surface area contributed by atoms with Crippen molar-refractivity contribution >= 4 is 40.6 Å². The quantitative estimate of drug-likeness (QED) is 0.195. The highest BCUT2D eigenvalue weighted by Crippen LogP contribution is 2.33. The highest BCUT2D eigenvalue weighted by atomic mass is 19.4. The fraction of sp³-hybridized carbons (Fsp3) is 0.438. The number of likely N-dealkylation sites (tertiary alicyclic amines) is 1. The molecule has 2 fully saturated rings. The number of aromatic amines is 1. The Balaban J connectivity index is 0.000000408. The maximum atomic E-state index is 12.8. The van der Waals surface area contributed by atoms with Gasteiger partial charge >= 0.3 is 36.4 Å². The molecule has 3 aromatic rings. The average Bonchev–Trinajstić information content (AvgIpc) is 3.63. The van der Waals surface area contributed by atoms with Crippen LogP contribution in [0, 0.1) is 13.8 Å². The highest BCUT2D eigenvalue weighted by molar-refractivity contribution is 5.99. The van der Waals surface area contributed by atoms with Gasteiger partial charge in [-0.25, -0.2) is 14.4 Å². The summed E-state index contributed by atoms with van der Waals surface area (Å²) in [5.41, 5.74) is 4.60. The fourth-order valence-electron chi connectivity index (χ4n) is 5.38. The minimum Gasteiger partial charge on any atom is -0.475 e. The van der Waals surface area contributed by atoms with Gasteiger partial charge in [0.15, 0.2) is 0 Å². The molecule has 304 valence electrons. The summed E-state index contributed by atoms with van der Waals surface area (Å²) in [4.78, 5) is 64.2. The summed E-state index contributed by atoms with van der Waals surface area (Å²) in [5.74, 6) is -8.22. The van der Waals surface area contributed by atoms with Gasteiger partial charge in [0, 0.05) is 56.0 Å². The summed E-state index contributed by atoms with van der Waals surface area (Å²) in [6.07, 6.45) is -10.0. The zero-order chi connectivity index (χ0) is 41.9. The Morgan fingerprint density at radius 2 is 1.40 bits per heavy atom. The number of hydrogen-bond acceptors (Lipinski definition) is 8. The minimum atomic E-state index is -5.08. The van der Waals surface area contributed by atoms with Crippen LogP contribution in [0.4, 0.5) is 39.5 Å². The Morgan fingerprint density at radius 1 is 0.873 bits per heavy atom. The van der Waals surface area contributed by atoms with Crippen LogP contribution in [0.2, 0.25) is 0 Å². The van der Waals surface area contributed by atoms with E-state index in [1.807, 2.05) is 18.3 Å². The maximum Gasteiger partial charge on any atom is 0.490 e. The first-order chi connectivity index (χ1) is 25.3. The first-order valence-electron chi connectivity index (χ1n) is 15.7. The summed E-state index contributed by atoms with van der Waals surface area (Å²) >= 11 is 0. The molecule has 14 nitrogen and oxygen atoms in total. The number of H-pyrrole nitrogens is 1. The topological polar surface area (TPSA) is 205 Å². The molecule has 1 spiro atoms. The number of piperidine rings is 1. The minimum absolute atomic E-state index is 0.0838. The van der Waals surface area contributed by atoms with Crippen molar-refractivity contribution in [3.05, 3.63) is 65.1 Å². The van der Waals surface area contributed by atoms with Gasteiger partial charge in [0.1, 0.15) is 11.2 Å². The third-order valence-corrected chi connectivity index (χ3v) is 8.01. The van der Waals surface area contributed by atoms with E-state index in [4.69, 9.17) is 29.7 Å². The zero-order valence-corrected chi connectivity index (χ0v) is 28.8. The molecule has 2 aliphatic rings. The molecular weight excluding hydrogens is 767 g/mol. The lowest BCUT2D eigenvalue weighted by Gasteiger charge is -2.42. The molecule has 0 aliphatic carbocycles. The first kappa shape index (κ1) is 45.7. The number of benzene rings is 1. The van der Waals surface area contributed by atoms with Crippen LogP contribution in [-0.4, -0.2) is 122 Å². The number of amides is 2. The number of nitrogens with zero attached hydrogens (tertiary/aromatic N) is 3. The van der Waals surface area contributed by atoms with Crippen molar-refractivity contribution in [1.29, 1.82) is 0 Å². The summed E-state index contributed by atoms with van der Waals surface area (Å²) in [6.45, 7) is 8.42. The van der Waals surface area contributed by atoms with Crippen LogP contribution in [0.5, 0.6) is 0 Å². The molecule has 4 heterocycles. The van der Waals surface area contributed by atoms with Gasteiger partial charge in [0.2, 0.25) is 5.91 Å². The molecule has 0 bridgehead atoms. The molecule has 0 atom stereocenters. The molecule has 0 unspecified atom stereocenters. The molecule has 23 heteroatoms. The summed E-state index contributed by atoms with van der Waals surface area (Å²) < 4.78 is 95.2. The van der Waals surface area contributed by atoms with Crippen molar-refractivity contribution in [2.75, 3.05) is 32.8 Å². The second-order valence-electron chi connectivity index (χ2n) is 12.0. The maximum absolute atomic E-state index is 12.8. The number of carbonyl (C=O) groups excluding carboxylic acids is 2. The number of carbonyl (C=O) groups is 5. The molecule has 5 rings (SSSR count). The smallest absolute Gasteiger partial charge is 0.475 e. The molecule has 1 aromatic carbocycles. The van der Waals surface area contributed by atoms with Crippen molar-refractivity contribution in [1.82, 2.24) is 30.4 Å². The van der Waals surface area contributed by atoms with Crippen molar-refractivity contribution in [2.45, 2.75) is 57.3 Å². The number of alkyl halides is 9. The lowest BCUT2D eigenvalue weighted by atomic mass is 9.86. The Labute approximate surface area is 305 Å². The Morgan fingerprint density at radius 3 is 1.87 bits per heavy atom. The predicted molar refractivity (Wildman–Crippen MR) is 172 cm³/mol. The van der Waals surface area contributed by atoms with Crippen LogP contribution >= 0.6 is 0 Å². The van der Waals surface area contributed by atoms with Gasteiger partial charge in [-0.05, 0) is 61.6 Å². The summed E-state index contributed by atoms with van der Waals surface area (Å²) in [5, 5.41) is 28.6. The largest absolute Gasteiger partial charge is 0.490 e. The number of rotatable bonds is 6. The molecule has 2 aromatic heterocycles. The molecular formula is C32H35F9N6O8. The number of aromatic nitrogens is 2. The summed E-state index contributed by atoms with van der Waals surface area (Å²) in [6, 6.07) is 10.1. The lowest BCUT2D eigenvalue weighted by molar-refractivity contribution is -0.193. The number of aryl methyl sites for hydroxylation is 2. The normalized spacial score (nSPS) is 15.7. The number of nitrogens with one attached hydrogen (secondary N) is 3. The van der Waals surface area contributed by atoms with E-state index >= 15 is 0 Å². The third kappa shape index (κ3) is 13.7. The number of pyridine rings is 1. The SMILES string of the molecule is Cc1cc(C)c2cc(C(=O)NCCN3CCC4(CC3)C(=O)NCN4Cc3cccnc3)[nH]c2c1.O=C(O)C(F)(F)F.O=C(O)C(F)(F)F.O=C(O)C(F)(F)F. The van der Waals surface area contributed by atoms with Crippen LogP contribution < -0.4 is 10.6 Å². The Kier molecular flexibility index (Phi) is 15.6. The zero-order valence-electron chi connectivity index (χ0n) is 28.8. The van der Waals surface area contributed by atoms with E-state index in [0.717, 1.165) is 48.9 Å². The van der Waals surface area contributed by atoms with Crippen molar-refractivity contribution in [2.24, 2.45) is 0 Å². The van der Waals surface area contributed by atoms with E-state index in [1.54, 1.807) is 6.20 Å². The second kappa shape index (κ2) is 18.7. The fourth-order valence-corrected chi connectivity index (χ4v) is 5.38. The number of fused-ring (bicyclic) bond motifs is 1. The Bertz CT molecular complexity index is 1750. The van der Waals surface area contributed by atoms with E-state index in [1.165, 1.54) is 11.1 Å². The van der Waals surface area contributed by atoms with Crippen LogP contribution in [0.25, 0.3) is 10.9 Å². The van der Waals surface area contributed by atoms with E-state index < -0.39 is 42.0 Å². The van der Waals surface area contributed by atoms with E-state index in [0.29, 0.717) is 25.5 Å². The van der Waals surface area contributed by atoms with Crippen LogP contribution in [0.3, 0.4) is 0 Å². The third-order valence-electron chi connectivity index (χ3n) is 8.01. The van der Waals surface area contributed by atoms with Gasteiger partial charge < -0.3 is 35.8 Å². The molecule has 0 saturated carbocycles. The van der Waals surface area contributed by atoms with Crippen molar-refractivity contribution in [3.63, 3.8) is 0 Å². The van der Waals surface area contributed by atoms with Gasteiger partial charge in [-0.2, -0.15) is 39.5 Å². The predicted octanol–water partition coefficient (Wildman–Crippen LogP) is 4.23. The van der Waals surface area contributed by atoms with E-state index in [2.05, 4.69) is 62.4 Å². The molecule has 6 N–H and O–H groups in total. The Hall–Kier alpha value is -5.45. The van der Waals surface area contributed by atoms with Crippen LogP contribution in [0.1, 0.15) is 40.0 Å². The second-order valence-corrected chi connectivity index (χ2v) is 12.0. The number of carboxylic acid groups (broad SMARTS) is 3. The first-order valence-corrected chi connectivity index (χ1v) is 15.7. The van der Waals surface area contributed by atoms with Gasteiger partial charge in [-0.1, -0.05) is 12.1 Å². The van der Waals surface area contributed by atoms with Crippen molar-refractivity contribution < 1.29 is 78.8 Å². The number of halogens is 9. The monoisotopic (exact) mass is 802 g/mol. The molecule has 2 aliphatic heterocycles. The molecule has 2 amide bonds. The van der Waals surface area contributed by atoms with Gasteiger partial charge in [-0.15, -0.1) is 0 Å². The highest BCUT2D eigenvalue weighted by Gasteiger charge is 2.50. The van der Waals surface area contributed by atoms with Gasteiger partial charge in [0.05, 0.1) is 6.67 Å². The molecule has 55 heavy (non-hydrogen) atoms. The van der Waals surface area contributed by atoms with E-state index in [-0.39, 0.29) is 11.8 Å². The van der Waals surface area contributed by atoms with E-state index in [9.17, 15) is 49.1 Å². The molecule has 2 saturated heterocycles. The lowest BCUT2D eigenvalue weighted by Crippen LogP contribution is -2.56. The number of aliphatic carboxylic acids is 3.